The lowest BCUT2D eigenvalue weighted by atomic mass is 10.1. The highest BCUT2D eigenvalue weighted by molar-refractivity contribution is 9.10. The second kappa shape index (κ2) is 26.0. The number of nitrogens with zero attached hydrogens (tertiary/aromatic N) is 12. The number of nitrogens with one attached hydrogen (secondary N) is 3. The lowest BCUT2D eigenvalue weighted by Gasteiger charge is -2.27. The number of urea groups is 3. The molecule has 9 heterocycles. The standard InChI is InChI=1S/C18H19BrFN5O4.C18H18F3N5O4.C18H19F2N5O4/c1-23-17(27)16-11-8-24(18(28)21-14-4-2-3-12(19)15(14)20)6-5-13(11)22-25(16)7-10(9-26)29-23;1-24-17(28)16-11-7-25(3-2-14(11)23-26(16)6-10(8-27)30-24)18(29)22-9-4-12(19)15(21)13(20)5-9;1-23-17(27)16-12-8-24(18(28)21-10-2-3-13(19)14(20)6-10)5-4-15(12)22-25(16)7-11(9-26)29-23/h2-4,10,26H,5-9H2,1H3,(H,21,28);4-5,10,27H,2-3,6-8H2,1H3,(H,22,29);2-3,6,11,26H,4-5,7-9H2,1H3,(H,21,28). The predicted molar refractivity (Wildman–Crippen MR) is 295 cm³/mol. The maximum absolute atomic E-state index is 14.2. The molecular weight excluding hydrogens is 1240 g/mol. The Morgan fingerprint density at radius 3 is 1.28 bits per heavy atom. The molecule has 27 nitrogen and oxygen atoms in total. The molecule has 468 valence electrons. The summed E-state index contributed by atoms with van der Waals surface area (Å²) in [6, 6.07) is 7.49. The minimum Gasteiger partial charge on any atom is -0.393 e. The van der Waals surface area contributed by atoms with Crippen molar-refractivity contribution in [3.63, 3.8) is 0 Å². The van der Waals surface area contributed by atoms with Gasteiger partial charge >= 0.3 is 18.1 Å². The molecular formula is C54H56BrF6N15O12. The maximum atomic E-state index is 14.2. The zero-order valence-corrected chi connectivity index (χ0v) is 48.6. The van der Waals surface area contributed by atoms with Gasteiger partial charge in [-0.2, -0.15) is 15.3 Å². The molecule has 3 unspecified atom stereocenters. The molecule has 0 fully saturated rings. The Balaban J connectivity index is 0.000000146. The number of anilines is 3. The first-order chi connectivity index (χ1) is 42.0. The zero-order chi connectivity index (χ0) is 63.0. The van der Waals surface area contributed by atoms with Crippen molar-refractivity contribution in [2.75, 3.05) is 76.5 Å². The molecule has 0 saturated carbocycles. The minimum absolute atomic E-state index is 0.0338. The number of rotatable bonds is 6. The van der Waals surface area contributed by atoms with Crippen LogP contribution in [0.4, 0.5) is 57.8 Å². The molecule has 0 spiro atoms. The van der Waals surface area contributed by atoms with Crippen LogP contribution in [0.1, 0.15) is 65.2 Å². The van der Waals surface area contributed by atoms with Gasteiger partial charge in [0.15, 0.2) is 34.9 Å². The summed E-state index contributed by atoms with van der Waals surface area (Å²) in [6.45, 7) is 1.07. The average Bonchev–Trinajstić information content (AvgIpc) is 2.05. The van der Waals surface area contributed by atoms with Gasteiger partial charge in [0, 0.05) is 106 Å². The number of aliphatic hydroxyl groups excluding tert-OH is 3. The molecule has 88 heavy (non-hydrogen) atoms. The normalized spacial score (nSPS) is 18.8. The number of aromatic nitrogens is 6. The SMILES string of the molecule is CN1OC(CO)Cn2nc3c(c2C1=O)CN(C(=O)Nc1cc(F)c(F)c(F)c1)CC3.CN1OC(CO)Cn2nc3c(c2C1=O)CN(C(=O)Nc1ccc(F)c(F)c1)CC3.CN1OC(CO)Cn2nc3c(c2C1=O)CN(C(=O)Nc1cccc(Br)c1F)CC3. The van der Waals surface area contributed by atoms with Gasteiger partial charge in [-0.25, -0.2) is 55.9 Å². The Labute approximate surface area is 503 Å². The highest BCUT2D eigenvalue weighted by atomic mass is 79.9. The van der Waals surface area contributed by atoms with Crippen LogP contribution in [0.5, 0.6) is 0 Å². The maximum Gasteiger partial charge on any atom is 0.322 e. The first-order valence-electron chi connectivity index (χ1n) is 27.2. The third-order valence-corrected chi connectivity index (χ3v) is 15.5. The molecule has 3 atom stereocenters. The van der Waals surface area contributed by atoms with Crippen molar-refractivity contribution in [3.05, 3.63) is 139 Å². The number of carbonyl (C=O) groups excluding carboxylic acids is 6. The van der Waals surface area contributed by atoms with E-state index in [-0.39, 0.29) is 92.9 Å². The van der Waals surface area contributed by atoms with Gasteiger partial charge < -0.3 is 46.0 Å². The van der Waals surface area contributed by atoms with Crippen molar-refractivity contribution in [1.82, 2.24) is 59.2 Å². The van der Waals surface area contributed by atoms with Crippen LogP contribution in [0.3, 0.4) is 0 Å². The Morgan fingerprint density at radius 1 is 0.523 bits per heavy atom. The van der Waals surface area contributed by atoms with Crippen LogP contribution in [0, 0.1) is 34.9 Å². The van der Waals surface area contributed by atoms with E-state index in [1.807, 2.05) is 0 Å². The van der Waals surface area contributed by atoms with E-state index in [9.17, 15) is 70.4 Å². The van der Waals surface area contributed by atoms with Crippen LogP contribution in [0.15, 0.2) is 53.0 Å². The van der Waals surface area contributed by atoms with Crippen LogP contribution < -0.4 is 16.0 Å². The Bertz CT molecular complexity index is 3720. The lowest BCUT2D eigenvalue weighted by Crippen LogP contribution is -2.40. The summed E-state index contributed by atoms with van der Waals surface area (Å²) in [7, 11) is 4.35. The van der Waals surface area contributed by atoms with Crippen molar-refractivity contribution in [1.29, 1.82) is 0 Å². The van der Waals surface area contributed by atoms with E-state index in [1.54, 1.807) is 12.1 Å². The van der Waals surface area contributed by atoms with E-state index in [0.29, 0.717) is 84.0 Å². The van der Waals surface area contributed by atoms with Gasteiger partial charge in [0.25, 0.3) is 17.7 Å². The Hall–Kier alpha value is -8.67. The van der Waals surface area contributed by atoms with Gasteiger partial charge in [-0.3, -0.25) is 42.9 Å². The summed E-state index contributed by atoms with van der Waals surface area (Å²) < 4.78 is 85.3. The number of hydroxylamine groups is 6. The molecule has 3 aromatic heterocycles. The summed E-state index contributed by atoms with van der Waals surface area (Å²) >= 11 is 3.10. The number of carbonyl (C=O) groups is 6. The van der Waals surface area contributed by atoms with Crippen LogP contribution in [-0.2, 0) is 73.0 Å². The number of aliphatic hydroxyl groups is 3. The monoisotopic (exact) mass is 1300 g/mol. The number of fused-ring (bicyclic) bond motifs is 9. The molecule has 12 rings (SSSR count). The number of hydrogen-bond acceptors (Lipinski definition) is 15. The van der Waals surface area contributed by atoms with Gasteiger partial charge in [0.2, 0.25) is 0 Å². The van der Waals surface area contributed by atoms with E-state index in [4.69, 9.17) is 14.5 Å². The second-order valence-corrected chi connectivity index (χ2v) is 21.6. The van der Waals surface area contributed by atoms with E-state index in [1.165, 1.54) is 62.0 Å². The molecule has 34 heteroatoms. The van der Waals surface area contributed by atoms with Crippen LogP contribution in [0.2, 0.25) is 0 Å². The van der Waals surface area contributed by atoms with E-state index in [2.05, 4.69) is 47.2 Å². The first-order valence-corrected chi connectivity index (χ1v) is 28.0. The van der Waals surface area contributed by atoms with E-state index >= 15 is 0 Å². The van der Waals surface area contributed by atoms with Crippen LogP contribution >= 0.6 is 15.9 Å². The van der Waals surface area contributed by atoms with Gasteiger partial charge in [0.05, 0.1) is 86.3 Å². The van der Waals surface area contributed by atoms with E-state index in [0.717, 1.165) is 33.0 Å². The van der Waals surface area contributed by atoms with Gasteiger partial charge in [-0.1, -0.05) is 6.07 Å². The minimum atomic E-state index is -1.62. The Kier molecular flexibility index (Phi) is 18.4. The highest BCUT2D eigenvalue weighted by Gasteiger charge is 2.39. The summed E-state index contributed by atoms with van der Waals surface area (Å²) in [5.41, 5.74) is 4.73. The summed E-state index contributed by atoms with van der Waals surface area (Å²) in [6.07, 6.45) is -0.599. The Morgan fingerprint density at radius 2 is 0.898 bits per heavy atom. The largest absolute Gasteiger partial charge is 0.393 e. The second-order valence-electron chi connectivity index (χ2n) is 20.8. The number of halogens is 7. The molecule has 6 aliphatic heterocycles. The van der Waals surface area contributed by atoms with Crippen molar-refractivity contribution in [3.8, 4) is 0 Å². The molecule has 9 amide bonds. The fourth-order valence-electron chi connectivity index (χ4n) is 10.5. The van der Waals surface area contributed by atoms with Crippen LogP contribution in [-0.4, -0.2) is 189 Å². The van der Waals surface area contributed by atoms with Crippen molar-refractivity contribution >= 4 is 68.8 Å². The molecule has 6 aliphatic rings. The van der Waals surface area contributed by atoms with Crippen molar-refractivity contribution in [2.45, 2.75) is 76.8 Å². The fraction of sp³-hybridized carbons (Fsp3) is 0.389. The molecule has 0 aliphatic carbocycles. The summed E-state index contributed by atoms with van der Waals surface area (Å²) in [5.74, 6) is -8.35. The summed E-state index contributed by atoms with van der Waals surface area (Å²) in [4.78, 5) is 96.6. The van der Waals surface area contributed by atoms with Crippen LogP contribution in [0.25, 0.3) is 0 Å². The third-order valence-electron chi connectivity index (χ3n) is 14.9. The quantitative estimate of drug-likeness (QED) is 0.101. The number of amides is 9. The number of benzene rings is 3. The average molecular weight is 1300 g/mol. The molecule has 6 aromatic rings. The third kappa shape index (κ3) is 12.8. The number of hydrogen-bond donors (Lipinski definition) is 6. The van der Waals surface area contributed by atoms with Gasteiger partial charge in [-0.15, -0.1) is 0 Å². The topological polar surface area (TPSA) is 300 Å². The first kappa shape index (κ1) is 62.4. The molecule has 3 aromatic carbocycles. The van der Waals surface area contributed by atoms with Gasteiger partial charge in [0.1, 0.15) is 35.4 Å². The molecule has 6 N–H and O–H groups in total. The fourth-order valence-corrected chi connectivity index (χ4v) is 10.9. The van der Waals surface area contributed by atoms with Crippen molar-refractivity contribution < 1.29 is 84.9 Å². The molecule has 0 saturated heterocycles. The zero-order valence-electron chi connectivity index (χ0n) is 47.0. The predicted octanol–water partition coefficient (Wildman–Crippen LogP) is 4.15. The summed E-state index contributed by atoms with van der Waals surface area (Å²) in [5, 5.41) is 52.3. The van der Waals surface area contributed by atoms with Crippen molar-refractivity contribution in [2.24, 2.45) is 0 Å². The molecule has 0 bridgehead atoms. The van der Waals surface area contributed by atoms with E-state index < -0.39 is 89.0 Å². The molecule has 0 radical (unpaired) electrons. The van der Waals surface area contributed by atoms with Gasteiger partial charge in [-0.05, 0) is 40.2 Å². The lowest BCUT2D eigenvalue weighted by molar-refractivity contribution is -0.159. The smallest absolute Gasteiger partial charge is 0.322 e. The highest BCUT2D eigenvalue weighted by Crippen LogP contribution is 2.31.